The summed E-state index contributed by atoms with van der Waals surface area (Å²) in [6, 6.07) is 18.7. The first kappa shape index (κ1) is 31.9. The average Bonchev–Trinajstić information content (AvgIpc) is 3.21. The van der Waals surface area contributed by atoms with Crippen molar-refractivity contribution in [1.29, 1.82) is 0 Å². The standard InChI is InChI=1S/C27H32FN2O11P/c28-27(25(34)24(33)22(41-27)13-30-12-11-23(32)29-26(30)35)18-40-42(36,38-16-20-9-5-2-6-10-20)39-17-21(14-31)37-15-19-7-3-1-4-8-19/h1-12,21-22,24-25,31,33-34H,13-18H2,(H,29,32,35)/t21?,22-,24-,25-,27+,42?/m0/s1. The Morgan fingerprint density at radius 1 is 0.976 bits per heavy atom. The van der Waals surface area contributed by atoms with Gasteiger partial charge >= 0.3 is 13.5 Å². The number of hydrogen-bond acceptors (Lipinski definition) is 11. The van der Waals surface area contributed by atoms with Gasteiger partial charge in [0.15, 0.2) is 0 Å². The molecule has 6 atom stereocenters. The van der Waals surface area contributed by atoms with Crippen LogP contribution in [0.25, 0.3) is 0 Å². The van der Waals surface area contributed by atoms with E-state index in [0.29, 0.717) is 5.56 Å². The topological polar surface area (TPSA) is 179 Å². The number of alkyl halides is 1. The van der Waals surface area contributed by atoms with Crippen molar-refractivity contribution < 1.29 is 47.3 Å². The number of benzene rings is 2. The van der Waals surface area contributed by atoms with Crippen molar-refractivity contribution in [3.63, 3.8) is 0 Å². The molecule has 2 aromatic carbocycles. The first-order valence-corrected chi connectivity index (χ1v) is 14.4. The lowest BCUT2D eigenvalue weighted by Crippen LogP contribution is -2.43. The van der Waals surface area contributed by atoms with Crippen LogP contribution < -0.4 is 11.2 Å². The Hall–Kier alpha value is -3.04. The summed E-state index contributed by atoms with van der Waals surface area (Å²) in [7, 11) is -4.59. The van der Waals surface area contributed by atoms with Crippen molar-refractivity contribution in [2.75, 3.05) is 19.8 Å². The van der Waals surface area contributed by atoms with E-state index in [0.717, 1.165) is 22.4 Å². The Kier molecular flexibility index (Phi) is 11.0. The summed E-state index contributed by atoms with van der Waals surface area (Å²) in [5, 5.41) is 30.6. The van der Waals surface area contributed by atoms with Crippen LogP contribution in [0.5, 0.6) is 0 Å². The number of aliphatic hydroxyl groups is 3. The quantitative estimate of drug-likeness (QED) is 0.182. The highest BCUT2D eigenvalue weighted by molar-refractivity contribution is 7.48. The maximum Gasteiger partial charge on any atom is 0.475 e. The summed E-state index contributed by atoms with van der Waals surface area (Å²) in [5.41, 5.74) is -0.0734. The molecule has 0 spiro atoms. The minimum Gasteiger partial charge on any atom is -0.394 e. The van der Waals surface area contributed by atoms with Gasteiger partial charge in [-0.25, -0.2) is 13.8 Å². The Bertz CT molecular complexity index is 1440. The van der Waals surface area contributed by atoms with Crippen LogP contribution in [0, 0.1) is 0 Å². The maximum absolute atomic E-state index is 15.7. The van der Waals surface area contributed by atoms with Crippen molar-refractivity contribution in [3.05, 3.63) is 105 Å². The molecule has 13 nitrogen and oxygen atoms in total. The van der Waals surface area contributed by atoms with Crippen LogP contribution in [0.4, 0.5) is 4.39 Å². The first-order chi connectivity index (χ1) is 20.1. The van der Waals surface area contributed by atoms with Gasteiger partial charge in [0.25, 0.3) is 11.4 Å². The van der Waals surface area contributed by atoms with E-state index in [4.69, 9.17) is 23.0 Å². The smallest absolute Gasteiger partial charge is 0.394 e. The number of aromatic nitrogens is 2. The Morgan fingerprint density at radius 3 is 2.24 bits per heavy atom. The lowest BCUT2D eigenvalue weighted by Gasteiger charge is -2.26. The van der Waals surface area contributed by atoms with Crippen LogP contribution >= 0.6 is 7.82 Å². The maximum atomic E-state index is 15.7. The van der Waals surface area contributed by atoms with Gasteiger partial charge in [-0.2, -0.15) is 0 Å². The molecule has 2 heterocycles. The minimum atomic E-state index is -4.59. The number of aromatic amines is 1. The molecule has 0 amide bonds. The average molecular weight is 611 g/mol. The van der Waals surface area contributed by atoms with Crippen LogP contribution in [0.2, 0.25) is 0 Å². The van der Waals surface area contributed by atoms with Crippen LogP contribution in [0.1, 0.15) is 11.1 Å². The Labute approximate surface area is 239 Å². The highest BCUT2D eigenvalue weighted by atomic mass is 31.2. The molecule has 0 saturated carbocycles. The fourth-order valence-electron chi connectivity index (χ4n) is 4.02. The molecule has 228 valence electrons. The summed E-state index contributed by atoms with van der Waals surface area (Å²) in [6.45, 7) is -2.71. The number of aliphatic hydroxyl groups excluding tert-OH is 3. The van der Waals surface area contributed by atoms with Crippen LogP contribution in [-0.2, 0) is 47.4 Å². The monoisotopic (exact) mass is 610 g/mol. The number of rotatable bonds is 15. The second-order valence-electron chi connectivity index (χ2n) is 9.52. The molecule has 1 aromatic heterocycles. The third kappa shape index (κ3) is 8.51. The molecule has 15 heteroatoms. The predicted molar refractivity (Wildman–Crippen MR) is 145 cm³/mol. The molecule has 0 radical (unpaired) electrons. The van der Waals surface area contributed by atoms with Gasteiger partial charge in [0.05, 0.1) is 33.0 Å². The number of phosphoric ester groups is 1. The molecule has 0 aliphatic carbocycles. The molecule has 1 fully saturated rings. The third-order valence-electron chi connectivity index (χ3n) is 6.37. The second kappa shape index (κ2) is 14.4. The van der Waals surface area contributed by atoms with Gasteiger partial charge in [-0.1, -0.05) is 60.7 Å². The number of nitrogens with zero attached hydrogens (tertiary/aromatic N) is 1. The van der Waals surface area contributed by atoms with Gasteiger partial charge in [0, 0.05) is 12.3 Å². The van der Waals surface area contributed by atoms with Gasteiger partial charge in [-0.05, 0) is 11.1 Å². The van der Waals surface area contributed by atoms with Crippen LogP contribution in [0.3, 0.4) is 0 Å². The van der Waals surface area contributed by atoms with Gasteiger partial charge < -0.3 is 24.8 Å². The highest BCUT2D eigenvalue weighted by Crippen LogP contribution is 2.52. The van der Waals surface area contributed by atoms with Crippen LogP contribution in [-0.4, -0.2) is 75.0 Å². The molecule has 1 saturated heterocycles. The normalized spacial score (nSPS) is 24.3. The number of H-pyrrole nitrogens is 1. The summed E-state index contributed by atoms with van der Waals surface area (Å²) in [5.74, 6) is -3.08. The van der Waals surface area contributed by atoms with Crippen molar-refractivity contribution >= 4 is 7.82 Å². The molecule has 42 heavy (non-hydrogen) atoms. The van der Waals surface area contributed by atoms with Gasteiger partial charge in [0.2, 0.25) is 0 Å². The summed E-state index contributed by atoms with van der Waals surface area (Å²) >= 11 is 0. The SMILES string of the molecule is O=c1ccn(C[C@@H]2O[C@](F)(COP(=O)(OCc3ccccc3)OCC(CO)OCc3ccccc3)[C@@H](O)[C@H]2O)c(=O)[nH]1. The van der Waals surface area contributed by atoms with Crippen molar-refractivity contribution in [2.24, 2.45) is 0 Å². The molecule has 1 aliphatic rings. The third-order valence-corrected chi connectivity index (χ3v) is 7.73. The molecule has 1 aliphatic heterocycles. The second-order valence-corrected chi connectivity index (χ2v) is 11.2. The molecule has 2 unspecified atom stereocenters. The summed E-state index contributed by atoms with van der Waals surface area (Å²) < 4.78 is 57.1. The lowest BCUT2D eigenvalue weighted by molar-refractivity contribution is -0.195. The van der Waals surface area contributed by atoms with Crippen molar-refractivity contribution in [2.45, 2.75) is 50.0 Å². The summed E-state index contributed by atoms with van der Waals surface area (Å²) in [4.78, 5) is 25.3. The molecular formula is C27H32FN2O11P. The zero-order valence-electron chi connectivity index (χ0n) is 22.4. The van der Waals surface area contributed by atoms with Crippen LogP contribution in [0.15, 0.2) is 82.5 Å². The lowest BCUT2D eigenvalue weighted by atomic mass is 10.1. The zero-order chi connectivity index (χ0) is 30.2. The van der Waals surface area contributed by atoms with Gasteiger partial charge in [-0.15, -0.1) is 0 Å². The minimum absolute atomic E-state index is 0.122. The van der Waals surface area contributed by atoms with E-state index in [1.54, 1.807) is 30.3 Å². The fraction of sp³-hybridized carbons (Fsp3) is 0.407. The number of phosphoric acid groups is 1. The zero-order valence-corrected chi connectivity index (χ0v) is 23.3. The number of hydrogen-bond donors (Lipinski definition) is 4. The first-order valence-electron chi connectivity index (χ1n) is 13.0. The fourth-order valence-corrected chi connectivity index (χ4v) is 5.23. The van der Waals surface area contributed by atoms with E-state index >= 15 is 4.39 Å². The largest absolute Gasteiger partial charge is 0.475 e. The summed E-state index contributed by atoms with van der Waals surface area (Å²) in [6.07, 6.45) is -5.24. The van der Waals surface area contributed by atoms with E-state index in [9.17, 15) is 29.5 Å². The van der Waals surface area contributed by atoms with E-state index in [2.05, 4.69) is 0 Å². The predicted octanol–water partition coefficient (Wildman–Crippen LogP) is 1.26. The molecule has 0 bridgehead atoms. The number of nitrogens with one attached hydrogen (secondary N) is 1. The molecular weight excluding hydrogens is 578 g/mol. The molecule has 4 N–H and O–H groups in total. The van der Waals surface area contributed by atoms with Gasteiger partial charge in [-0.3, -0.25) is 27.9 Å². The Morgan fingerprint density at radius 2 is 1.62 bits per heavy atom. The molecule has 4 rings (SSSR count). The highest BCUT2D eigenvalue weighted by Gasteiger charge is 2.56. The van der Waals surface area contributed by atoms with Gasteiger partial charge in [0.1, 0.15) is 31.0 Å². The van der Waals surface area contributed by atoms with E-state index < -0.39 is 75.7 Å². The molecule has 3 aromatic rings. The van der Waals surface area contributed by atoms with E-state index in [-0.39, 0.29) is 13.2 Å². The Balaban J connectivity index is 1.42. The van der Waals surface area contributed by atoms with E-state index in [1.165, 1.54) is 0 Å². The van der Waals surface area contributed by atoms with Crippen molar-refractivity contribution in [1.82, 2.24) is 9.55 Å². The van der Waals surface area contributed by atoms with Crippen molar-refractivity contribution in [3.8, 4) is 0 Å². The number of halogens is 1. The van der Waals surface area contributed by atoms with E-state index in [1.807, 2.05) is 35.3 Å². The number of ether oxygens (including phenoxy) is 2.